The second-order valence-corrected chi connectivity index (χ2v) is 6.71. The Hall–Kier alpha value is -2.39. The molecule has 2 rings (SSSR count). The molecule has 1 N–H and O–H groups in total. The van der Waals surface area contributed by atoms with Crippen molar-refractivity contribution in [2.45, 2.75) is 32.8 Å². The minimum absolute atomic E-state index is 0.0629. The number of likely N-dealkylation sites (tertiary alicyclic amines) is 1. The zero-order chi connectivity index (χ0) is 19.3. The van der Waals surface area contributed by atoms with Crippen LogP contribution in [0.15, 0.2) is 18.2 Å². The van der Waals surface area contributed by atoms with E-state index in [9.17, 15) is 9.90 Å². The van der Waals surface area contributed by atoms with Crippen LogP contribution >= 0.6 is 0 Å². The van der Waals surface area contributed by atoms with Crippen molar-refractivity contribution >= 4 is 6.09 Å². The summed E-state index contributed by atoms with van der Waals surface area (Å²) in [6.45, 7) is 6.65. The van der Waals surface area contributed by atoms with Crippen molar-refractivity contribution in [2.75, 3.05) is 33.9 Å². The van der Waals surface area contributed by atoms with Crippen LogP contribution in [0.2, 0.25) is 0 Å². The van der Waals surface area contributed by atoms with E-state index in [4.69, 9.17) is 14.2 Å². The van der Waals surface area contributed by atoms with E-state index >= 15 is 0 Å². The van der Waals surface area contributed by atoms with Crippen LogP contribution in [0.4, 0.5) is 4.79 Å². The number of hydrogen-bond acceptors (Lipinski definition) is 5. The highest BCUT2D eigenvalue weighted by Crippen LogP contribution is 2.46. The van der Waals surface area contributed by atoms with E-state index in [0.29, 0.717) is 24.6 Å². The van der Waals surface area contributed by atoms with Crippen LogP contribution in [-0.4, -0.2) is 56.1 Å². The molecule has 1 aromatic carbocycles. The molecule has 0 spiro atoms. The van der Waals surface area contributed by atoms with Gasteiger partial charge in [-0.3, -0.25) is 0 Å². The Morgan fingerprint density at radius 1 is 1.42 bits per heavy atom. The third-order valence-corrected chi connectivity index (χ3v) is 5.18. The lowest BCUT2D eigenvalue weighted by Gasteiger charge is -2.33. The van der Waals surface area contributed by atoms with Crippen molar-refractivity contribution in [3.05, 3.63) is 23.8 Å². The molecular formula is C20H27NO5. The number of rotatable bonds is 5. The first-order chi connectivity index (χ1) is 12.4. The maximum Gasteiger partial charge on any atom is 0.409 e. The maximum absolute atomic E-state index is 12.0. The summed E-state index contributed by atoms with van der Waals surface area (Å²) in [7, 11) is 2.95. The molecule has 1 aliphatic rings. The summed E-state index contributed by atoms with van der Waals surface area (Å²) in [6, 6.07) is 5.69. The van der Waals surface area contributed by atoms with Gasteiger partial charge in [0.15, 0.2) is 11.5 Å². The first-order valence-corrected chi connectivity index (χ1v) is 8.58. The summed E-state index contributed by atoms with van der Waals surface area (Å²) in [6.07, 6.45) is -0.984. The molecule has 1 saturated heterocycles. The molecule has 0 radical (unpaired) electrons. The van der Waals surface area contributed by atoms with Gasteiger partial charge < -0.3 is 24.2 Å². The Balaban J connectivity index is 2.38. The molecule has 1 aromatic rings. The second-order valence-electron chi connectivity index (χ2n) is 6.71. The highest BCUT2D eigenvalue weighted by Gasteiger charge is 2.48. The summed E-state index contributed by atoms with van der Waals surface area (Å²) >= 11 is 0. The van der Waals surface area contributed by atoms with Crippen LogP contribution in [0, 0.1) is 17.3 Å². The van der Waals surface area contributed by atoms with Gasteiger partial charge in [-0.1, -0.05) is 18.9 Å². The minimum Gasteiger partial charge on any atom is -0.493 e. The van der Waals surface area contributed by atoms with Gasteiger partial charge in [-0.05, 0) is 31.5 Å². The molecule has 1 amide bonds. The number of aliphatic hydroxyl groups excluding tert-OH is 1. The highest BCUT2D eigenvalue weighted by atomic mass is 16.5. The average Bonchev–Trinajstić information content (AvgIpc) is 3.00. The van der Waals surface area contributed by atoms with E-state index in [1.807, 2.05) is 25.1 Å². The third kappa shape index (κ3) is 3.88. The lowest BCUT2D eigenvalue weighted by atomic mass is 9.72. The summed E-state index contributed by atoms with van der Waals surface area (Å²) in [5.41, 5.74) is 0.476. The van der Waals surface area contributed by atoms with E-state index in [1.54, 1.807) is 25.9 Å². The van der Waals surface area contributed by atoms with Crippen LogP contribution in [0.1, 0.15) is 32.3 Å². The van der Waals surface area contributed by atoms with Crippen molar-refractivity contribution in [1.82, 2.24) is 4.90 Å². The fraction of sp³-hybridized carbons (Fsp3) is 0.550. The summed E-state index contributed by atoms with van der Waals surface area (Å²) < 4.78 is 16.0. The molecule has 6 nitrogen and oxygen atoms in total. The van der Waals surface area contributed by atoms with E-state index in [1.165, 1.54) is 7.11 Å². The van der Waals surface area contributed by atoms with Gasteiger partial charge in [-0.2, -0.15) is 0 Å². The average molecular weight is 361 g/mol. The van der Waals surface area contributed by atoms with Crippen molar-refractivity contribution in [2.24, 2.45) is 5.41 Å². The van der Waals surface area contributed by atoms with Crippen LogP contribution in [0.5, 0.6) is 11.5 Å². The fourth-order valence-electron chi connectivity index (χ4n) is 3.40. The predicted molar refractivity (Wildman–Crippen MR) is 98.4 cm³/mol. The Morgan fingerprint density at radius 3 is 2.73 bits per heavy atom. The van der Waals surface area contributed by atoms with Crippen LogP contribution in [0.25, 0.3) is 0 Å². The normalized spacial score (nSPS) is 23.0. The van der Waals surface area contributed by atoms with Gasteiger partial charge in [0, 0.05) is 24.4 Å². The zero-order valence-electron chi connectivity index (χ0n) is 16.0. The van der Waals surface area contributed by atoms with Crippen LogP contribution in [0.3, 0.4) is 0 Å². The zero-order valence-corrected chi connectivity index (χ0v) is 16.0. The Bertz CT molecular complexity index is 706. The number of benzene rings is 1. The van der Waals surface area contributed by atoms with Crippen molar-refractivity contribution in [3.8, 4) is 23.3 Å². The number of hydrogen-bond donors (Lipinski definition) is 1. The van der Waals surface area contributed by atoms with Gasteiger partial charge in [-0.15, -0.1) is 5.92 Å². The van der Waals surface area contributed by atoms with Gasteiger partial charge in [0.25, 0.3) is 0 Å². The Kier molecular flexibility index (Phi) is 6.38. The highest BCUT2D eigenvalue weighted by molar-refractivity contribution is 5.68. The standard InChI is InChI=1S/C20H27NO5/c1-6-7-10-26-18-11-15(8-9-17(18)24-4)16-12-21(19(23)25-5)13-20(16,3)14(2)22/h8-9,11,14,16,22H,10,12-13H2,1-5H3/t14-,16+,20+/m1/s1. The number of nitrogens with zero attached hydrogens (tertiary/aromatic N) is 1. The Morgan fingerprint density at radius 2 is 2.15 bits per heavy atom. The van der Waals surface area contributed by atoms with Crippen molar-refractivity contribution < 1.29 is 24.1 Å². The number of aliphatic hydroxyl groups is 1. The van der Waals surface area contributed by atoms with E-state index in [0.717, 1.165) is 5.56 Å². The minimum atomic E-state index is -0.598. The smallest absolute Gasteiger partial charge is 0.409 e. The molecular weight excluding hydrogens is 334 g/mol. The summed E-state index contributed by atoms with van der Waals surface area (Å²) in [5, 5.41) is 10.4. The van der Waals surface area contributed by atoms with Gasteiger partial charge in [-0.25, -0.2) is 4.79 Å². The lowest BCUT2D eigenvalue weighted by molar-refractivity contribution is 0.0470. The van der Waals surface area contributed by atoms with Crippen molar-refractivity contribution in [1.29, 1.82) is 0 Å². The molecule has 3 atom stereocenters. The molecule has 0 bridgehead atoms. The SMILES string of the molecule is CC#CCOc1cc([C@@H]2CN(C(=O)OC)C[C@@]2(C)[C@@H](C)O)ccc1OC. The molecule has 0 unspecified atom stereocenters. The van der Waals surface area contributed by atoms with Gasteiger partial charge in [0.2, 0.25) is 0 Å². The molecule has 6 heteroatoms. The molecule has 0 aliphatic carbocycles. The predicted octanol–water partition coefficient (Wildman–Crippen LogP) is 2.65. The first-order valence-electron chi connectivity index (χ1n) is 8.58. The first kappa shape index (κ1) is 19.9. The molecule has 26 heavy (non-hydrogen) atoms. The number of carbonyl (C=O) groups is 1. The second kappa shape index (κ2) is 8.33. The van der Waals surface area contributed by atoms with E-state index < -0.39 is 11.5 Å². The largest absolute Gasteiger partial charge is 0.493 e. The van der Waals surface area contributed by atoms with E-state index in [-0.39, 0.29) is 18.6 Å². The molecule has 1 heterocycles. The van der Waals surface area contributed by atoms with Gasteiger partial charge >= 0.3 is 6.09 Å². The number of amides is 1. The third-order valence-electron chi connectivity index (χ3n) is 5.18. The van der Waals surface area contributed by atoms with Crippen molar-refractivity contribution in [3.63, 3.8) is 0 Å². The number of carbonyl (C=O) groups excluding carboxylic acids is 1. The van der Waals surface area contributed by atoms with Crippen LogP contribution in [-0.2, 0) is 4.74 Å². The number of methoxy groups -OCH3 is 2. The molecule has 1 aliphatic heterocycles. The van der Waals surface area contributed by atoms with Crippen LogP contribution < -0.4 is 9.47 Å². The molecule has 142 valence electrons. The van der Waals surface area contributed by atoms with Gasteiger partial charge in [0.1, 0.15) is 6.61 Å². The summed E-state index contributed by atoms with van der Waals surface area (Å²) in [4.78, 5) is 13.6. The molecule has 0 saturated carbocycles. The summed E-state index contributed by atoms with van der Waals surface area (Å²) in [5.74, 6) is 6.81. The fourth-order valence-corrected chi connectivity index (χ4v) is 3.40. The number of ether oxygens (including phenoxy) is 3. The quantitative estimate of drug-likeness (QED) is 0.817. The maximum atomic E-state index is 12.0. The molecule has 1 fully saturated rings. The lowest BCUT2D eigenvalue weighted by Crippen LogP contribution is -2.38. The Labute approximate surface area is 155 Å². The molecule has 0 aromatic heterocycles. The van der Waals surface area contributed by atoms with E-state index in [2.05, 4.69) is 11.8 Å². The monoisotopic (exact) mass is 361 g/mol. The van der Waals surface area contributed by atoms with Gasteiger partial charge in [0.05, 0.1) is 20.3 Å². The topological polar surface area (TPSA) is 68.2 Å².